The van der Waals surface area contributed by atoms with Crippen molar-refractivity contribution < 1.29 is 37.7 Å². The molecule has 0 saturated carbocycles. The van der Waals surface area contributed by atoms with Crippen LogP contribution in [0.4, 0.5) is 24.7 Å². The Balaban J connectivity index is 0.778. The highest BCUT2D eigenvalue weighted by Gasteiger charge is 2.46. The molecule has 2 unspecified atom stereocenters. The normalized spacial score (nSPS) is 18.7. The van der Waals surface area contributed by atoms with Crippen molar-refractivity contribution in [1.82, 2.24) is 39.4 Å². The number of rotatable bonds is 12. The molecule has 10 rings (SSSR count). The quantitative estimate of drug-likeness (QED) is 0.109. The van der Waals surface area contributed by atoms with Crippen molar-refractivity contribution in [2.75, 3.05) is 68.8 Å². The van der Waals surface area contributed by atoms with Crippen LogP contribution in [0.1, 0.15) is 67.8 Å². The molecule has 0 spiro atoms. The van der Waals surface area contributed by atoms with E-state index in [1.165, 1.54) is 10.6 Å². The number of benzene rings is 4. The molecule has 0 radical (unpaired) electrons. The number of aromatic nitrogens is 5. The monoisotopic (exact) mass is 1050 g/mol. The average molecular weight is 1050 g/mol. The van der Waals surface area contributed by atoms with Gasteiger partial charge >= 0.3 is 23.8 Å². The van der Waals surface area contributed by atoms with Crippen LogP contribution in [0.5, 0.6) is 17.5 Å². The van der Waals surface area contributed by atoms with E-state index in [0.717, 1.165) is 52.0 Å². The van der Waals surface area contributed by atoms with Gasteiger partial charge in [-0.15, -0.1) is 0 Å². The summed E-state index contributed by atoms with van der Waals surface area (Å²) in [6.07, 6.45) is -2.71. The Labute approximate surface area is 435 Å². The second kappa shape index (κ2) is 21.1. The number of piperidine rings is 1. The van der Waals surface area contributed by atoms with Gasteiger partial charge in [0.15, 0.2) is 5.82 Å². The molecule has 3 saturated heterocycles. The third-order valence-corrected chi connectivity index (χ3v) is 15.4. The lowest BCUT2D eigenvalue weighted by molar-refractivity contribution is -0.188. The van der Waals surface area contributed by atoms with E-state index >= 15 is 0 Å². The zero-order valence-electron chi connectivity index (χ0n) is 41.6. The summed E-state index contributed by atoms with van der Waals surface area (Å²) >= 11 is 6.75. The van der Waals surface area contributed by atoms with Crippen molar-refractivity contribution in [3.05, 3.63) is 111 Å². The average Bonchev–Trinajstić information content (AvgIpc) is 4.04. The minimum absolute atomic E-state index is 0.00429. The van der Waals surface area contributed by atoms with Crippen molar-refractivity contribution >= 4 is 45.7 Å². The molecule has 6 heterocycles. The van der Waals surface area contributed by atoms with Crippen molar-refractivity contribution in [1.29, 1.82) is 5.26 Å². The maximum atomic E-state index is 14.0. The number of carbonyl (C=O) groups is 2. The van der Waals surface area contributed by atoms with Crippen LogP contribution in [0, 0.1) is 23.2 Å². The van der Waals surface area contributed by atoms with Gasteiger partial charge in [0.25, 0.3) is 0 Å². The zero-order chi connectivity index (χ0) is 52.7. The number of H-pyrrole nitrogens is 1. The number of alkyl halides is 3. The summed E-state index contributed by atoms with van der Waals surface area (Å²) in [5.74, 6) is -1.49. The van der Waals surface area contributed by atoms with Crippen LogP contribution >= 0.6 is 11.6 Å². The largest absolute Gasteiger partial charge is 0.508 e. The smallest absolute Gasteiger partial charge is 0.471 e. The topological polar surface area (TPSA) is 200 Å². The third kappa shape index (κ3) is 10.5. The molecule has 0 aliphatic carbocycles. The fraction of sp³-hybridized carbons (Fsp3) is 0.426. The SMILES string of the molecule is CC(C)c1cc(-c2n[nH]c(=O)n2-c2ccc(CN3CCC(C(=O)N4CCC(COc5nc6c(c(N7CCN(C(=O)C(F)(F)F)C(CC#N)C7)n5)CCN(c5cccc7cccc(Cl)c57)C6)C4)CC3)cc2)c(O)cc1O. The van der Waals surface area contributed by atoms with E-state index in [0.29, 0.717) is 85.3 Å². The van der Waals surface area contributed by atoms with Gasteiger partial charge in [-0.05, 0) is 91.5 Å². The van der Waals surface area contributed by atoms with Gasteiger partial charge in [0, 0.05) is 80.4 Å². The predicted molar refractivity (Wildman–Crippen MR) is 275 cm³/mol. The van der Waals surface area contributed by atoms with Crippen LogP contribution in [-0.2, 0) is 29.1 Å². The predicted octanol–water partition coefficient (Wildman–Crippen LogP) is 7.55. The maximum Gasteiger partial charge on any atom is 0.471 e. The summed E-state index contributed by atoms with van der Waals surface area (Å²) in [6.45, 7) is 8.05. The Bertz CT molecular complexity index is 3220. The number of aromatic amines is 1. The van der Waals surface area contributed by atoms with Crippen LogP contribution in [0.15, 0.2) is 77.6 Å². The molecular formula is C54H57ClF3N11O6. The number of amides is 2. The van der Waals surface area contributed by atoms with Crippen molar-refractivity contribution in [3.8, 4) is 40.7 Å². The molecule has 0 bridgehead atoms. The van der Waals surface area contributed by atoms with Gasteiger partial charge in [-0.3, -0.25) is 14.5 Å². The molecule has 2 atom stereocenters. The van der Waals surface area contributed by atoms with E-state index in [2.05, 4.69) is 20.0 Å². The minimum Gasteiger partial charge on any atom is -0.508 e. The number of halogens is 4. The number of phenols is 2. The van der Waals surface area contributed by atoms with Crippen molar-refractivity contribution in [3.63, 3.8) is 0 Å². The van der Waals surface area contributed by atoms with E-state index < -0.39 is 23.8 Å². The summed E-state index contributed by atoms with van der Waals surface area (Å²) in [7, 11) is 0. The molecule has 3 fully saturated rings. The van der Waals surface area contributed by atoms with E-state index in [9.17, 15) is 43.0 Å². The number of phenolic OH excluding ortho intramolecular Hbond substituents is 2. The zero-order valence-corrected chi connectivity index (χ0v) is 42.3. The summed E-state index contributed by atoms with van der Waals surface area (Å²) in [5.41, 5.74) is 4.50. The van der Waals surface area contributed by atoms with Crippen LogP contribution < -0.4 is 20.2 Å². The van der Waals surface area contributed by atoms with Crippen LogP contribution in [-0.4, -0.2) is 133 Å². The number of anilines is 2. The lowest BCUT2D eigenvalue weighted by atomic mass is 9.95. The first-order valence-corrected chi connectivity index (χ1v) is 25.7. The Morgan fingerprint density at radius 2 is 1.68 bits per heavy atom. The van der Waals surface area contributed by atoms with E-state index in [4.69, 9.17) is 26.3 Å². The summed E-state index contributed by atoms with van der Waals surface area (Å²) in [4.78, 5) is 58.2. The van der Waals surface area contributed by atoms with E-state index in [1.54, 1.807) is 6.07 Å². The maximum absolute atomic E-state index is 14.0. The van der Waals surface area contributed by atoms with E-state index in [-0.39, 0.29) is 79.7 Å². The van der Waals surface area contributed by atoms with Crippen LogP contribution in [0.2, 0.25) is 5.02 Å². The fourth-order valence-corrected chi connectivity index (χ4v) is 11.4. The first-order valence-electron chi connectivity index (χ1n) is 25.3. The van der Waals surface area contributed by atoms with Crippen LogP contribution in [0.3, 0.4) is 0 Å². The second-order valence-electron chi connectivity index (χ2n) is 20.2. The second-order valence-corrected chi connectivity index (χ2v) is 20.6. The molecule has 4 aliphatic heterocycles. The highest BCUT2D eigenvalue weighted by Crippen LogP contribution is 2.40. The molecule has 392 valence electrons. The fourth-order valence-electron chi connectivity index (χ4n) is 11.1. The molecule has 2 amide bonds. The molecule has 17 nitrogen and oxygen atoms in total. The highest BCUT2D eigenvalue weighted by molar-refractivity contribution is 6.36. The number of piperazine rings is 1. The lowest BCUT2D eigenvalue weighted by Gasteiger charge is -2.42. The molecule has 4 aromatic carbocycles. The Kier molecular flexibility index (Phi) is 14.4. The molecule has 2 aromatic heterocycles. The van der Waals surface area contributed by atoms with Crippen molar-refractivity contribution in [2.45, 2.75) is 77.2 Å². The molecule has 3 N–H and O–H groups in total. The highest BCUT2D eigenvalue weighted by atomic mass is 35.5. The summed E-state index contributed by atoms with van der Waals surface area (Å²) < 4.78 is 48.7. The van der Waals surface area contributed by atoms with Crippen LogP contribution in [0.25, 0.3) is 27.8 Å². The van der Waals surface area contributed by atoms with Gasteiger partial charge in [-0.1, -0.05) is 61.8 Å². The number of likely N-dealkylation sites (tertiary alicyclic amines) is 2. The standard InChI is InChI=1S/C54H57ClF3N11O6/c1-32(2)40-25-41(46(71)26-45(40)70)49-62-63-53(74)69(49)37-11-9-33(10-12-37)27-64-19-15-36(16-20-64)50(72)67-21-14-34(28-67)31-75-52-60-43-30-65(44-8-4-6-35-5-3-7-42(55)47(35)44)22-17-39(43)48(61-52)66-23-24-68(38(29-66)13-18-59)51(73)54(56,57)58/h3-12,25-26,32,34,36,38,70-71H,13-17,19-24,27-31H2,1-2H3,(H,63,74). The first-order chi connectivity index (χ1) is 36.0. The minimum atomic E-state index is -5.07. The Morgan fingerprint density at radius 3 is 2.41 bits per heavy atom. The Morgan fingerprint density at radius 1 is 0.920 bits per heavy atom. The Hall–Kier alpha value is -7.37. The molecule has 6 aromatic rings. The van der Waals surface area contributed by atoms with Gasteiger partial charge in [-0.25, -0.2) is 14.5 Å². The first kappa shape index (κ1) is 51.1. The molecule has 75 heavy (non-hydrogen) atoms. The number of nitriles is 1. The number of nitrogens with one attached hydrogen (secondary N) is 1. The van der Waals surface area contributed by atoms with Gasteiger partial charge in [-0.2, -0.15) is 33.5 Å². The number of carbonyl (C=O) groups excluding carboxylic acids is 2. The number of hydrogen-bond donors (Lipinski definition) is 3. The van der Waals surface area contributed by atoms with E-state index in [1.807, 2.05) is 90.4 Å². The number of ether oxygens (including phenoxy) is 1. The van der Waals surface area contributed by atoms with Gasteiger partial charge in [0.1, 0.15) is 17.3 Å². The number of fused-ring (bicyclic) bond motifs is 2. The molecular weight excluding hydrogens is 991 g/mol. The lowest BCUT2D eigenvalue weighted by Crippen LogP contribution is -2.58. The third-order valence-electron chi connectivity index (χ3n) is 15.1. The van der Waals surface area contributed by atoms with Gasteiger partial charge in [0.2, 0.25) is 5.91 Å². The van der Waals surface area contributed by atoms with Crippen molar-refractivity contribution in [2.24, 2.45) is 11.8 Å². The number of nitrogens with zero attached hydrogens (tertiary/aromatic N) is 10. The number of hydrogen-bond acceptors (Lipinski definition) is 13. The summed E-state index contributed by atoms with van der Waals surface area (Å²) in [6, 6.07) is 23.3. The van der Waals surface area contributed by atoms with Gasteiger partial charge in [0.05, 0.1) is 53.7 Å². The molecule has 21 heteroatoms. The van der Waals surface area contributed by atoms with Gasteiger partial charge < -0.3 is 34.5 Å². The number of aromatic hydroxyl groups is 2. The molecule has 4 aliphatic rings. The summed E-state index contributed by atoms with van der Waals surface area (Å²) in [5, 5.41) is 39.9.